The Morgan fingerprint density at radius 2 is 2.00 bits per heavy atom. The van der Waals surface area contributed by atoms with E-state index >= 15 is 0 Å². The van der Waals surface area contributed by atoms with E-state index in [2.05, 4.69) is 20.2 Å². The van der Waals surface area contributed by atoms with Crippen LogP contribution >= 0.6 is 0 Å². The van der Waals surface area contributed by atoms with Crippen molar-refractivity contribution in [1.29, 1.82) is 0 Å². The van der Waals surface area contributed by atoms with Crippen molar-refractivity contribution in [2.75, 3.05) is 30.5 Å². The second kappa shape index (κ2) is 9.31. The van der Waals surface area contributed by atoms with Crippen LogP contribution in [0.25, 0.3) is 0 Å². The van der Waals surface area contributed by atoms with Crippen molar-refractivity contribution < 1.29 is 14.6 Å². The Morgan fingerprint density at radius 3 is 2.79 bits per heavy atom. The Labute approximate surface area is 172 Å². The zero-order chi connectivity index (χ0) is 20.1. The summed E-state index contributed by atoms with van der Waals surface area (Å²) in [5.41, 5.74) is 1.08. The Kier molecular flexibility index (Phi) is 6.34. The largest absolute Gasteiger partial charge is 0.497 e. The van der Waals surface area contributed by atoms with E-state index in [1.165, 1.54) is 12.8 Å². The molecule has 1 unspecified atom stereocenters. The number of nitrogens with zero attached hydrogens (tertiary/aromatic N) is 3. The number of benzene rings is 1. The molecule has 1 aromatic carbocycles. The summed E-state index contributed by atoms with van der Waals surface area (Å²) in [6, 6.07) is 8.07. The molecule has 1 aliphatic heterocycles. The fourth-order valence-corrected chi connectivity index (χ4v) is 4.22. The molecule has 2 N–H and O–H groups in total. The standard InChI is InChI=1S/C22H30N4O3/c1-28-19-9-8-16(20(11-19)29-18-6-2-3-7-18)13-23-21-12-22(25-15-24-21)26-10-4-5-17(26)14-27/h8-9,11-12,15,17-18,27H,2-7,10,13-14H2,1H3,(H,23,24,25). The first-order chi connectivity index (χ1) is 14.3. The highest BCUT2D eigenvalue weighted by atomic mass is 16.5. The van der Waals surface area contributed by atoms with E-state index < -0.39 is 0 Å². The zero-order valence-corrected chi connectivity index (χ0v) is 17.0. The van der Waals surface area contributed by atoms with Gasteiger partial charge in [-0.3, -0.25) is 0 Å². The smallest absolute Gasteiger partial charge is 0.134 e. The van der Waals surface area contributed by atoms with Crippen molar-refractivity contribution in [3.05, 3.63) is 36.2 Å². The van der Waals surface area contributed by atoms with E-state index in [1.54, 1.807) is 13.4 Å². The second-order valence-electron chi connectivity index (χ2n) is 7.78. The summed E-state index contributed by atoms with van der Waals surface area (Å²) < 4.78 is 11.7. The number of hydrogen-bond acceptors (Lipinski definition) is 7. The van der Waals surface area contributed by atoms with Crippen LogP contribution in [0.4, 0.5) is 11.6 Å². The molecule has 1 saturated carbocycles. The first-order valence-electron chi connectivity index (χ1n) is 10.5. The molecule has 1 aromatic heterocycles. The van der Waals surface area contributed by atoms with Crippen molar-refractivity contribution >= 4 is 11.6 Å². The van der Waals surface area contributed by atoms with Crippen molar-refractivity contribution in [3.8, 4) is 11.5 Å². The number of aliphatic hydroxyl groups excluding tert-OH is 1. The Balaban J connectivity index is 1.46. The van der Waals surface area contributed by atoms with Crippen LogP contribution in [-0.2, 0) is 6.54 Å². The van der Waals surface area contributed by atoms with Gasteiger partial charge in [-0.25, -0.2) is 9.97 Å². The Morgan fingerprint density at radius 1 is 1.14 bits per heavy atom. The van der Waals surface area contributed by atoms with Crippen molar-refractivity contribution in [1.82, 2.24) is 9.97 Å². The molecule has 2 heterocycles. The molecule has 2 aromatic rings. The quantitative estimate of drug-likeness (QED) is 0.706. The van der Waals surface area contributed by atoms with Gasteiger partial charge in [-0.05, 0) is 50.7 Å². The van der Waals surface area contributed by atoms with Crippen LogP contribution in [0.3, 0.4) is 0 Å². The monoisotopic (exact) mass is 398 g/mol. The van der Waals surface area contributed by atoms with Gasteiger partial charge in [-0.2, -0.15) is 0 Å². The Bertz CT molecular complexity index is 810. The molecule has 156 valence electrons. The molecule has 7 heteroatoms. The van der Waals surface area contributed by atoms with Gasteiger partial charge in [-0.15, -0.1) is 0 Å². The summed E-state index contributed by atoms with van der Waals surface area (Å²) in [5, 5.41) is 13.0. The highest BCUT2D eigenvalue weighted by molar-refractivity contribution is 5.51. The number of hydrogen-bond donors (Lipinski definition) is 2. The summed E-state index contributed by atoms with van der Waals surface area (Å²) in [5.74, 6) is 3.30. The summed E-state index contributed by atoms with van der Waals surface area (Å²) >= 11 is 0. The SMILES string of the molecule is COc1ccc(CNc2cc(N3CCCC3CO)ncn2)c(OC2CCCC2)c1. The number of nitrogens with one attached hydrogen (secondary N) is 1. The maximum absolute atomic E-state index is 9.58. The first kappa shape index (κ1) is 19.8. The molecule has 29 heavy (non-hydrogen) atoms. The van der Waals surface area contributed by atoms with E-state index in [4.69, 9.17) is 9.47 Å². The van der Waals surface area contributed by atoms with Gasteiger partial charge in [0.2, 0.25) is 0 Å². The number of ether oxygens (including phenoxy) is 2. The van der Waals surface area contributed by atoms with E-state index in [1.807, 2.05) is 24.3 Å². The van der Waals surface area contributed by atoms with E-state index in [0.29, 0.717) is 6.54 Å². The molecule has 1 aliphatic carbocycles. The van der Waals surface area contributed by atoms with Crippen LogP contribution in [0.15, 0.2) is 30.6 Å². The fourth-order valence-electron chi connectivity index (χ4n) is 4.22. The van der Waals surface area contributed by atoms with Gasteiger partial charge in [0.25, 0.3) is 0 Å². The van der Waals surface area contributed by atoms with Crippen molar-refractivity contribution in [3.63, 3.8) is 0 Å². The number of methoxy groups -OCH3 is 1. The Hall–Kier alpha value is -2.54. The van der Waals surface area contributed by atoms with Gasteiger partial charge >= 0.3 is 0 Å². The normalized spacial score (nSPS) is 19.5. The molecule has 1 saturated heterocycles. The van der Waals surface area contributed by atoms with Crippen LogP contribution < -0.4 is 19.7 Å². The summed E-state index contributed by atoms with van der Waals surface area (Å²) in [6.07, 6.45) is 8.63. The number of aromatic nitrogens is 2. The van der Waals surface area contributed by atoms with Crippen molar-refractivity contribution in [2.24, 2.45) is 0 Å². The van der Waals surface area contributed by atoms with E-state index in [0.717, 1.165) is 60.9 Å². The zero-order valence-electron chi connectivity index (χ0n) is 17.0. The van der Waals surface area contributed by atoms with E-state index in [9.17, 15) is 5.11 Å². The fraction of sp³-hybridized carbons (Fsp3) is 0.545. The lowest BCUT2D eigenvalue weighted by atomic mass is 10.1. The topological polar surface area (TPSA) is 79.7 Å². The number of rotatable bonds is 8. The average Bonchev–Trinajstić information content (AvgIpc) is 3.44. The highest BCUT2D eigenvalue weighted by Gasteiger charge is 2.25. The van der Waals surface area contributed by atoms with Gasteiger partial charge < -0.3 is 24.8 Å². The molecule has 2 fully saturated rings. The van der Waals surface area contributed by atoms with Crippen LogP contribution in [-0.4, -0.2) is 47.5 Å². The minimum Gasteiger partial charge on any atom is -0.497 e. The van der Waals surface area contributed by atoms with Gasteiger partial charge in [-0.1, -0.05) is 0 Å². The van der Waals surface area contributed by atoms with Gasteiger partial charge in [0.15, 0.2) is 0 Å². The lowest BCUT2D eigenvalue weighted by molar-refractivity contribution is 0.207. The lowest BCUT2D eigenvalue weighted by Crippen LogP contribution is -2.32. The number of aliphatic hydroxyl groups is 1. The minimum atomic E-state index is 0.144. The third-order valence-corrected chi connectivity index (χ3v) is 5.86. The van der Waals surface area contributed by atoms with Crippen LogP contribution in [0.1, 0.15) is 44.1 Å². The van der Waals surface area contributed by atoms with Crippen LogP contribution in [0.5, 0.6) is 11.5 Å². The molecule has 4 rings (SSSR count). The maximum atomic E-state index is 9.58. The van der Waals surface area contributed by atoms with Crippen LogP contribution in [0.2, 0.25) is 0 Å². The average molecular weight is 399 g/mol. The molecule has 0 radical (unpaired) electrons. The molecular formula is C22H30N4O3. The van der Waals surface area contributed by atoms with Crippen LogP contribution in [0, 0.1) is 0 Å². The minimum absolute atomic E-state index is 0.144. The third kappa shape index (κ3) is 4.72. The summed E-state index contributed by atoms with van der Waals surface area (Å²) in [7, 11) is 1.67. The molecule has 0 bridgehead atoms. The first-order valence-corrected chi connectivity index (χ1v) is 10.5. The third-order valence-electron chi connectivity index (χ3n) is 5.86. The predicted molar refractivity (Wildman–Crippen MR) is 113 cm³/mol. The van der Waals surface area contributed by atoms with Gasteiger partial charge in [0.1, 0.15) is 29.5 Å². The maximum Gasteiger partial charge on any atom is 0.134 e. The molecule has 1 atom stereocenters. The molecule has 0 spiro atoms. The second-order valence-corrected chi connectivity index (χ2v) is 7.78. The molecular weight excluding hydrogens is 368 g/mol. The highest BCUT2D eigenvalue weighted by Crippen LogP contribution is 2.31. The molecule has 2 aliphatic rings. The lowest BCUT2D eigenvalue weighted by Gasteiger charge is -2.24. The summed E-state index contributed by atoms with van der Waals surface area (Å²) in [4.78, 5) is 10.9. The van der Waals surface area contributed by atoms with Gasteiger partial charge in [0.05, 0.1) is 25.9 Å². The predicted octanol–water partition coefficient (Wildman–Crippen LogP) is 3.38. The van der Waals surface area contributed by atoms with Gasteiger partial charge in [0, 0.05) is 30.8 Å². The van der Waals surface area contributed by atoms with Crippen molar-refractivity contribution in [2.45, 2.75) is 57.2 Å². The molecule has 7 nitrogen and oxygen atoms in total. The molecule has 0 amide bonds. The summed E-state index contributed by atoms with van der Waals surface area (Å²) in [6.45, 7) is 1.67. The number of anilines is 2. The van der Waals surface area contributed by atoms with E-state index in [-0.39, 0.29) is 18.8 Å².